The van der Waals surface area contributed by atoms with E-state index in [4.69, 9.17) is 0 Å². The minimum Gasteiger partial charge on any atom is -0.313 e. The Bertz CT molecular complexity index is 189. The van der Waals surface area contributed by atoms with E-state index >= 15 is 0 Å². The maximum Gasteiger partial charge on any atom is 0.0136 e. The molecule has 0 aromatic rings. The number of hydrogen-bond donors (Lipinski definition) is 1. The molecule has 2 nitrogen and oxygen atoms in total. The lowest BCUT2D eigenvalue weighted by Gasteiger charge is -2.47. The van der Waals surface area contributed by atoms with Crippen LogP contribution in [-0.4, -0.2) is 37.6 Å². The van der Waals surface area contributed by atoms with Crippen molar-refractivity contribution in [3.63, 3.8) is 0 Å². The van der Waals surface area contributed by atoms with Crippen LogP contribution in [0.1, 0.15) is 32.6 Å². The van der Waals surface area contributed by atoms with Gasteiger partial charge in [-0.05, 0) is 58.2 Å². The van der Waals surface area contributed by atoms with E-state index in [-0.39, 0.29) is 0 Å². The number of hydrogen-bond acceptors (Lipinski definition) is 2. The highest BCUT2D eigenvalue weighted by molar-refractivity contribution is 4.95. The molecule has 4 unspecified atom stereocenters. The van der Waals surface area contributed by atoms with Crippen molar-refractivity contribution in [2.75, 3.05) is 20.6 Å². The van der Waals surface area contributed by atoms with Crippen LogP contribution < -0.4 is 5.32 Å². The van der Waals surface area contributed by atoms with Gasteiger partial charge in [0.15, 0.2) is 0 Å². The second kappa shape index (κ2) is 4.19. The van der Waals surface area contributed by atoms with Crippen molar-refractivity contribution in [1.29, 1.82) is 0 Å². The lowest BCUT2D eigenvalue weighted by Crippen LogP contribution is -2.56. The Hall–Kier alpha value is -0.0800. The molecule has 0 aromatic carbocycles. The summed E-state index contributed by atoms with van der Waals surface area (Å²) >= 11 is 0. The van der Waals surface area contributed by atoms with Gasteiger partial charge in [0.1, 0.15) is 0 Å². The molecule has 0 aromatic heterocycles. The van der Waals surface area contributed by atoms with E-state index in [1.54, 1.807) is 0 Å². The molecule has 1 saturated carbocycles. The topological polar surface area (TPSA) is 15.3 Å². The van der Waals surface area contributed by atoms with Crippen LogP contribution in [0.15, 0.2) is 0 Å². The van der Waals surface area contributed by atoms with Crippen LogP contribution in [0.25, 0.3) is 0 Å². The lowest BCUT2D eigenvalue weighted by molar-refractivity contribution is 0.0644. The van der Waals surface area contributed by atoms with Gasteiger partial charge in [-0.3, -0.25) is 0 Å². The van der Waals surface area contributed by atoms with Crippen molar-refractivity contribution in [1.82, 2.24) is 10.2 Å². The zero-order valence-electron chi connectivity index (χ0n) is 9.79. The molecule has 2 heteroatoms. The molecule has 0 spiro atoms. The number of piperidine rings is 1. The van der Waals surface area contributed by atoms with Crippen LogP contribution in [0.5, 0.6) is 0 Å². The summed E-state index contributed by atoms with van der Waals surface area (Å²) in [6.07, 6.45) is 5.61. The summed E-state index contributed by atoms with van der Waals surface area (Å²) in [5, 5.41) is 3.73. The molecule has 1 aliphatic heterocycles. The number of fused-ring (bicyclic) bond motifs is 1. The van der Waals surface area contributed by atoms with Crippen LogP contribution in [0.2, 0.25) is 0 Å². The van der Waals surface area contributed by atoms with Gasteiger partial charge >= 0.3 is 0 Å². The van der Waals surface area contributed by atoms with Gasteiger partial charge in [-0.1, -0.05) is 6.92 Å². The first-order valence-corrected chi connectivity index (χ1v) is 6.10. The van der Waals surface area contributed by atoms with E-state index in [9.17, 15) is 0 Å². The van der Waals surface area contributed by atoms with Crippen molar-refractivity contribution in [3.8, 4) is 0 Å². The smallest absolute Gasteiger partial charge is 0.0136 e. The van der Waals surface area contributed by atoms with Gasteiger partial charge in [0.2, 0.25) is 0 Å². The fourth-order valence-corrected chi connectivity index (χ4v) is 3.46. The molecule has 82 valence electrons. The summed E-state index contributed by atoms with van der Waals surface area (Å²) in [4.78, 5) is 2.44. The van der Waals surface area contributed by atoms with Gasteiger partial charge < -0.3 is 10.2 Å². The molecule has 1 heterocycles. The normalized spacial score (nSPS) is 43.7. The van der Waals surface area contributed by atoms with Crippen molar-refractivity contribution in [2.24, 2.45) is 11.8 Å². The molecule has 2 fully saturated rings. The third-order valence-electron chi connectivity index (χ3n) is 4.24. The summed E-state index contributed by atoms with van der Waals surface area (Å²) < 4.78 is 0. The third kappa shape index (κ3) is 1.82. The quantitative estimate of drug-likeness (QED) is 0.687. The van der Waals surface area contributed by atoms with Gasteiger partial charge in [-0.25, -0.2) is 0 Å². The van der Waals surface area contributed by atoms with Crippen molar-refractivity contribution >= 4 is 0 Å². The first kappa shape index (κ1) is 10.4. The number of rotatable bonds is 1. The van der Waals surface area contributed by atoms with E-state index < -0.39 is 0 Å². The predicted molar refractivity (Wildman–Crippen MR) is 60.4 cm³/mol. The van der Waals surface area contributed by atoms with Gasteiger partial charge in [0.25, 0.3) is 0 Å². The summed E-state index contributed by atoms with van der Waals surface area (Å²) in [6, 6.07) is 1.62. The van der Waals surface area contributed by atoms with E-state index in [2.05, 4.69) is 31.2 Å². The molecular weight excluding hydrogens is 172 g/mol. The highest BCUT2D eigenvalue weighted by Crippen LogP contribution is 2.36. The Balaban J connectivity index is 2.08. The third-order valence-corrected chi connectivity index (χ3v) is 4.24. The van der Waals surface area contributed by atoms with Crippen LogP contribution >= 0.6 is 0 Å². The molecule has 1 aliphatic carbocycles. The van der Waals surface area contributed by atoms with Gasteiger partial charge in [-0.15, -0.1) is 0 Å². The fraction of sp³-hybridized carbons (Fsp3) is 1.00. The Labute approximate surface area is 88.1 Å². The van der Waals surface area contributed by atoms with E-state index in [1.165, 1.54) is 32.2 Å². The second-order valence-electron chi connectivity index (χ2n) is 5.37. The van der Waals surface area contributed by atoms with Crippen LogP contribution in [0, 0.1) is 11.8 Å². The van der Waals surface area contributed by atoms with E-state index in [1.807, 2.05) is 0 Å². The molecule has 0 bridgehead atoms. The zero-order valence-corrected chi connectivity index (χ0v) is 9.79. The number of nitrogens with one attached hydrogen (secondary N) is 1. The Morgan fingerprint density at radius 2 is 1.93 bits per heavy atom. The highest BCUT2D eigenvalue weighted by Gasteiger charge is 2.39. The summed E-state index contributed by atoms with van der Waals surface area (Å²) in [5.41, 5.74) is 0. The van der Waals surface area contributed by atoms with Crippen LogP contribution in [-0.2, 0) is 0 Å². The largest absolute Gasteiger partial charge is 0.313 e. The average molecular weight is 196 g/mol. The lowest BCUT2D eigenvalue weighted by atomic mass is 9.70. The number of nitrogens with zero attached hydrogens (tertiary/aromatic N) is 1. The Morgan fingerprint density at radius 3 is 2.64 bits per heavy atom. The van der Waals surface area contributed by atoms with Crippen molar-refractivity contribution in [3.05, 3.63) is 0 Å². The SMILES string of the molecule is CC1CCC(N(C)C)C2CCCNC12. The molecule has 2 aliphatic rings. The van der Waals surface area contributed by atoms with Crippen molar-refractivity contribution < 1.29 is 0 Å². The van der Waals surface area contributed by atoms with Crippen LogP contribution in [0.4, 0.5) is 0 Å². The maximum absolute atomic E-state index is 3.73. The molecule has 1 N–H and O–H groups in total. The molecule has 0 amide bonds. The second-order valence-corrected chi connectivity index (χ2v) is 5.37. The molecule has 1 saturated heterocycles. The monoisotopic (exact) mass is 196 g/mol. The molecular formula is C12H24N2. The molecule has 4 atom stereocenters. The van der Waals surface area contributed by atoms with E-state index in [0.717, 1.165) is 23.9 Å². The fourth-order valence-electron chi connectivity index (χ4n) is 3.46. The summed E-state index contributed by atoms with van der Waals surface area (Å²) in [5.74, 6) is 1.79. The molecule has 0 radical (unpaired) electrons. The average Bonchev–Trinajstić information content (AvgIpc) is 2.18. The first-order valence-electron chi connectivity index (χ1n) is 6.10. The van der Waals surface area contributed by atoms with Gasteiger partial charge in [0, 0.05) is 12.1 Å². The van der Waals surface area contributed by atoms with Gasteiger partial charge in [-0.2, -0.15) is 0 Å². The maximum atomic E-state index is 3.73. The standard InChI is InChI=1S/C12H24N2/c1-9-6-7-11(14(2)3)10-5-4-8-13-12(9)10/h9-13H,4-8H2,1-3H3. The Morgan fingerprint density at radius 1 is 1.14 bits per heavy atom. The molecule has 2 rings (SSSR count). The minimum absolute atomic E-state index is 0.796. The van der Waals surface area contributed by atoms with E-state index in [0.29, 0.717) is 0 Å². The minimum atomic E-state index is 0.796. The zero-order chi connectivity index (χ0) is 10.1. The van der Waals surface area contributed by atoms with Crippen molar-refractivity contribution in [2.45, 2.75) is 44.7 Å². The van der Waals surface area contributed by atoms with Crippen LogP contribution in [0.3, 0.4) is 0 Å². The summed E-state index contributed by atoms with van der Waals surface area (Å²) in [7, 11) is 4.48. The van der Waals surface area contributed by atoms with Gasteiger partial charge in [0.05, 0.1) is 0 Å². The first-order chi connectivity index (χ1) is 6.70. The Kier molecular flexibility index (Phi) is 3.13. The molecule has 14 heavy (non-hydrogen) atoms. The predicted octanol–water partition coefficient (Wildman–Crippen LogP) is 1.71. The summed E-state index contributed by atoms with van der Waals surface area (Å²) in [6.45, 7) is 3.66. The highest BCUT2D eigenvalue weighted by atomic mass is 15.1.